The van der Waals surface area contributed by atoms with Crippen molar-refractivity contribution in [1.82, 2.24) is 0 Å². The molecule has 0 amide bonds. The van der Waals surface area contributed by atoms with E-state index < -0.39 is 6.16 Å². The van der Waals surface area contributed by atoms with E-state index in [4.69, 9.17) is 25.5 Å². The van der Waals surface area contributed by atoms with Crippen LogP contribution in [0.3, 0.4) is 0 Å². The van der Waals surface area contributed by atoms with Gasteiger partial charge in [0, 0.05) is 11.3 Å². The summed E-state index contributed by atoms with van der Waals surface area (Å²) < 4.78 is 5.19. The number of benzene rings is 1. The number of hydrogen-bond donors (Lipinski definition) is 1. The van der Waals surface area contributed by atoms with Crippen molar-refractivity contribution in [2.45, 2.75) is 20.3 Å². The average Bonchev–Trinajstić information content (AvgIpc) is 2.21. The van der Waals surface area contributed by atoms with Gasteiger partial charge in [0.1, 0.15) is 5.75 Å². The molecule has 0 fully saturated rings. The number of aryl methyl sites for hydroxylation is 1. The molecule has 0 spiro atoms. The van der Waals surface area contributed by atoms with Crippen molar-refractivity contribution in [3.63, 3.8) is 0 Å². The molecule has 18 heavy (non-hydrogen) atoms. The SMILES string of the molecule is CCc1c(OC)ccc(C)c1N.O=C([O-])[O-].[K+].[K+]. The summed E-state index contributed by atoms with van der Waals surface area (Å²) in [5, 5.41) is 16.7. The molecule has 0 atom stereocenters. The van der Waals surface area contributed by atoms with E-state index in [9.17, 15) is 0 Å². The zero-order valence-corrected chi connectivity index (χ0v) is 17.8. The smallest absolute Gasteiger partial charge is 0.652 e. The number of anilines is 1. The van der Waals surface area contributed by atoms with E-state index in [1.165, 1.54) is 0 Å². The van der Waals surface area contributed by atoms with Crippen molar-refractivity contribution >= 4 is 11.8 Å². The average molecular weight is 303 g/mol. The Morgan fingerprint density at radius 2 is 1.78 bits per heavy atom. The zero-order chi connectivity index (χ0) is 12.7. The van der Waals surface area contributed by atoms with Crippen LogP contribution in [0.15, 0.2) is 12.1 Å². The third kappa shape index (κ3) is 9.30. The van der Waals surface area contributed by atoms with Crippen molar-refractivity contribution in [1.29, 1.82) is 0 Å². The summed E-state index contributed by atoms with van der Waals surface area (Å²) in [4.78, 5) is 8.33. The first-order chi connectivity index (χ1) is 7.43. The fraction of sp³-hybridized carbons (Fsp3) is 0.364. The first-order valence-corrected chi connectivity index (χ1v) is 4.73. The Morgan fingerprint density at radius 3 is 2.11 bits per heavy atom. The Bertz CT molecular complexity index is 368. The van der Waals surface area contributed by atoms with Gasteiger partial charge in [-0.3, -0.25) is 0 Å². The monoisotopic (exact) mass is 303 g/mol. The predicted molar refractivity (Wildman–Crippen MR) is 56.9 cm³/mol. The van der Waals surface area contributed by atoms with Crippen molar-refractivity contribution in [2.24, 2.45) is 0 Å². The molecule has 0 aliphatic rings. The van der Waals surface area contributed by atoms with Gasteiger partial charge in [-0.25, -0.2) is 0 Å². The fourth-order valence-corrected chi connectivity index (χ4v) is 1.32. The second kappa shape index (κ2) is 13.4. The molecule has 0 aromatic heterocycles. The number of nitrogen functional groups attached to an aromatic ring is 1. The number of carbonyl (C=O) groups excluding carboxylic acids is 1. The Hall–Kier alpha value is 1.36. The Kier molecular flexibility index (Phi) is 18.1. The summed E-state index contributed by atoms with van der Waals surface area (Å²) in [6.45, 7) is 4.08. The van der Waals surface area contributed by atoms with Crippen molar-refractivity contribution < 1.29 is 123 Å². The van der Waals surface area contributed by atoms with Gasteiger partial charge in [0.15, 0.2) is 0 Å². The number of methoxy groups -OCH3 is 1. The van der Waals surface area contributed by atoms with Crippen LogP contribution in [0.25, 0.3) is 0 Å². The van der Waals surface area contributed by atoms with E-state index in [0.29, 0.717) is 0 Å². The first kappa shape index (κ1) is 24.4. The van der Waals surface area contributed by atoms with E-state index in [1.54, 1.807) is 7.11 Å². The molecule has 1 aromatic rings. The van der Waals surface area contributed by atoms with E-state index in [-0.39, 0.29) is 103 Å². The second-order valence-electron chi connectivity index (χ2n) is 3.08. The van der Waals surface area contributed by atoms with Gasteiger partial charge in [-0.1, -0.05) is 13.0 Å². The van der Waals surface area contributed by atoms with E-state index in [2.05, 4.69) is 6.92 Å². The van der Waals surface area contributed by atoms with Crippen LogP contribution in [-0.4, -0.2) is 13.3 Å². The minimum absolute atomic E-state index is 0. The zero-order valence-electron chi connectivity index (χ0n) is 11.6. The van der Waals surface area contributed by atoms with Gasteiger partial charge in [-0.15, -0.1) is 0 Å². The molecule has 0 saturated carbocycles. The quantitative estimate of drug-likeness (QED) is 0.433. The molecular formula is C11H15K2NO4. The summed E-state index contributed by atoms with van der Waals surface area (Å²) in [5.74, 6) is 0.889. The van der Waals surface area contributed by atoms with E-state index in [1.807, 2.05) is 19.1 Å². The van der Waals surface area contributed by atoms with Crippen LogP contribution in [0.5, 0.6) is 5.75 Å². The molecule has 1 aromatic carbocycles. The molecule has 0 radical (unpaired) electrons. The molecule has 0 aliphatic heterocycles. The molecule has 0 bridgehead atoms. The third-order valence-electron chi connectivity index (χ3n) is 2.11. The third-order valence-corrected chi connectivity index (χ3v) is 2.11. The van der Waals surface area contributed by atoms with Crippen LogP contribution in [0, 0.1) is 6.92 Å². The van der Waals surface area contributed by atoms with Gasteiger partial charge < -0.3 is 25.5 Å². The van der Waals surface area contributed by atoms with Gasteiger partial charge in [0.05, 0.1) is 7.11 Å². The summed E-state index contributed by atoms with van der Waals surface area (Å²) in [6.07, 6.45) is -1.42. The topological polar surface area (TPSA) is 98.4 Å². The van der Waals surface area contributed by atoms with Crippen LogP contribution in [-0.2, 0) is 6.42 Å². The van der Waals surface area contributed by atoms with E-state index in [0.717, 1.165) is 29.0 Å². The number of carbonyl (C=O) groups is 1. The van der Waals surface area contributed by atoms with Crippen molar-refractivity contribution in [3.05, 3.63) is 23.3 Å². The largest absolute Gasteiger partial charge is 1.00 e. The maximum atomic E-state index is 8.33. The molecule has 0 heterocycles. The number of ether oxygens (including phenoxy) is 1. The summed E-state index contributed by atoms with van der Waals surface area (Å²) in [7, 11) is 1.67. The first-order valence-electron chi connectivity index (χ1n) is 4.73. The van der Waals surface area contributed by atoms with Gasteiger partial charge in [-0.05, 0) is 31.1 Å². The summed E-state index contributed by atoms with van der Waals surface area (Å²) >= 11 is 0. The molecule has 1 rings (SSSR count). The number of carboxylic acid groups (broad SMARTS) is 2. The number of nitrogens with two attached hydrogens (primary N) is 1. The molecular weight excluding hydrogens is 288 g/mol. The van der Waals surface area contributed by atoms with Crippen LogP contribution < -0.4 is 123 Å². The number of rotatable bonds is 2. The van der Waals surface area contributed by atoms with Gasteiger partial charge in [-0.2, -0.15) is 0 Å². The van der Waals surface area contributed by atoms with Crippen molar-refractivity contribution in [3.8, 4) is 5.75 Å². The minimum atomic E-state index is -2.33. The summed E-state index contributed by atoms with van der Waals surface area (Å²) in [6, 6.07) is 3.94. The molecule has 2 N–H and O–H groups in total. The molecule has 0 saturated heterocycles. The Labute approximate surface area is 192 Å². The van der Waals surface area contributed by atoms with Crippen molar-refractivity contribution in [2.75, 3.05) is 12.8 Å². The normalized spacial score (nSPS) is 7.94. The van der Waals surface area contributed by atoms with Gasteiger partial charge in [0.25, 0.3) is 0 Å². The maximum Gasteiger partial charge on any atom is 1.00 e. The van der Waals surface area contributed by atoms with E-state index >= 15 is 0 Å². The second-order valence-corrected chi connectivity index (χ2v) is 3.08. The fourth-order valence-electron chi connectivity index (χ4n) is 1.32. The molecule has 5 nitrogen and oxygen atoms in total. The van der Waals surface area contributed by atoms with Crippen LogP contribution in [0.4, 0.5) is 10.5 Å². The molecule has 0 aliphatic carbocycles. The predicted octanol–water partition coefficient (Wildman–Crippen LogP) is -6.29. The maximum absolute atomic E-state index is 8.33. The standard InChI is InChI=1S/C10H15NO.CH2O3.2K/c1-4-8-9(12-3)6-5-7(2)10(8)11;2-1(3)4;;/h5-6H,4,11H2,1-3H3;(H2,2,3,4);;/q;;2*+1/p-2. The molecule has 7 heteroatoms. The summed E-state index contributed by atoms with van der Waals surface area (Å²) in [5.41, 5.74) is 8.97. The van der Waals surface area contributed by atoms with Crippen LogP contribution in [0.1, 0.15) is 18.1 Å². The minimum Gasteiger partial charge on any atom is -0.652 e. The van der Waals surface area contributed by atoms with Crippen LogP contribution >= 0.6 is 0 Å². The number of hydrogen-bond acceptors (Lipinski definition) is 5. The Balaban J connectivity index is -0.000000332. The van der Waals surface area contributed by atoms with Crippen LogP contribution in [0.2, 0.25) is 0 Å². The van der Waals surface area contributed by atoms with Gasteiger partial charge in [0.2, 0.25) is 0 Å². The molecule has 0 unspecified atom stereocenters. The Morgan fingerprint density at radius 1 is 1.33 bits per heavy atom. The van der Waals surface area contributed by atoms with Gasteiger partial charge >= 0.3 is 103 Å². The molecule has 90 valence electrons.